The van der Waals surface area contributed by atoms with Crippen molar-refractivity contribution in [3.05, 3.63) is 53.6 Å². The molecule has 0 radical (unpaired) electrons. The molecule has 0 bridgehead atoms. The Balaban J connectivity index is 1.49. The summed E-state index contributed by atoms with van der Waals surface area (Å²) in [5.41, 5.74) is 2.33. The molecule has 218 valence electrons. The molecule has 40 heavy (non-hydrogen) atoms. The molecular formula is C30H41N3O6S. The molecule has 0 N–H and O–H groups in total. The van der Waals surface area contributed by atoms with E-state index in [2.05, 4.69) is 16.0 Å². The van der Waals surface area contributed by atoms with Crippen molar-refractivity contribution in [1.29, 1.82) is 0 Å². The van der Waals surface area contributed by atoms with Gasteiger partial charge < -0.3 is 19.1 Å². The average Bonchev–Trinajstić information content (AvgIpc) is 2.92. The summed E-state index contributed by atoms with van der Waals surface area (Å²) in [5.74, 6) is 0.865. The molecule has 9 nitrogen and oxygen atoms in total. The van der Waals surface area contributed by atoms with Crippen LogP contribution in [0.25, 0.3) is 0 Å². The van der Waals surface area contributed by atoms with Crippen LogP contribution in [0.4, 0.5) is 5.69 Å². The van der Waals surface area contributed by atoms with E-state index >= 15 is 0 Å². The SMILES string of the molecule is COCCCN1CCOc2ccc(CO[C@@H]3CC[C@@H](CC(C)(C)N=C=O)N(S(=O)(=O)c4ccc(C)cc4)C3)cc21. The van der Waals surface area contributed by atoms with Crippen molar-refractivity contribution in [3.63, 3.8) is 0 Å². The van der Waals surface area contributed by atoms with Gasteiger partial charge in [-0.1, -0.05) is 23.8 Å². The fourth-order valence-electron chi connectivity index (χ4n) is 5.44. The van der Waals surface area contributed by atoms with E-state index in [9.17, 15) is 13.2 Å². The number of aryl methyl sites for hydroxylation is 1. The maximum atomic E-state index is 13.8. The van der Waals surface area contributed by atoms with Crippen LogP contribution in [-0.2, 0) is 30.9 Å². The third kappa shape index (κ3) is 7.50. The first-order chi connectivity index (χ1) is 19.1. The molecule has 2 heterocycles. The molecule has 0 amide bonds. The van der Waals surface area contributed by atoms with Gasteiger partial charge in [-0.05, 0) is 76.3 Å². The number of hydrogen-bond donors (Lipinski definition) is 0. The highest BCUT2D eigenvalue weighted by molar-refractivity contribution is 7.89. The number of hydrogen-bond acceptors (Lipinski definition) is 8. The van der Waals surface area contributed by atoms with Gasteiger partial charge >= 0.3 is 0 Å². The van der Waals surface area contributed by atoms with Crippen molar-refractivity contribution in [3.8, 4) is 5.75 Å². The van der Waals surface area contributed by atoms with Gasteiger partial charge in [0.2, 0.25) is 16.1 Å². The largest absolute Gasteiger partial charge is 0.490 e. The van der Waals surface area contributed by atoms with Crippen molar-refractivity contribution in [2.75, 3.05) is 44.9 Å². The number of aliphatic imine (C=N–C) groups is 1. The van der Waals surface area contributed by atoms with Crippen LogP contribution in [0.5, 0.6) is 5.75 Å². The molecule has 10 heteroatoms. The summed E-state index contributed by atoms with van der Waals surface area (Å²) in [5, 5.41) is 0. The summed E-state index contributed by atoms with van der Waals surface area (Å²) in [7, 11) is -2.07. The third-order valence-corrected chi connectivity index (χ3v) is 9.50. The van der Waals surface area contributed by atoms with Gasteiger partial charge in [0.05, 0.1) is 35.4 Å². The Morgan fingerprint density at radius 1 is 1.15 bits per heavy atom. The number of benzene rings is 2. The van der Waals surface area contributed by atoms with E-state index in [-0.39, 0.29) is 23.6 Å². The topological polar surface area (TPSA) is 97.7 Å². The maximum Gasteiger partial charge on any atom is 0.243 e. The first kappa shape index (κ1) is 30.2. The van der Waals surface area contributed by atoms with E-state index in [1.54, 1.807) is 41.8 Å². The van der Waals surface area contributed by atoms with Gasteiger partial charge in [0, 0.05) is 32.8 Å². The molecule has 1 fully saturated rings. The van der Waals surface area contributed by atoms with Crippen LogP contribution >= 0.6 is 0 Å². The normalized spacial score (nSPS) is 19.9. The number of fused-ring (bicyclic) bond motifs is 1. The van der Waals surface area contributed by atoms with Gasteiger partial charge in [-0.3, -0.25) is 0 Å². The second-order valence-corrected chi connectivity index (χ2v) is 13.1. The highest BCUT2D eigenvalue weighted by atomic mass is 32.2. The Hall–Kier alpha value is -2.75. The van der Waals surface area contributed by atoms with Crippen molar-refractivity contribution in [2.45, 2.75) is 75.6 Å². The molecule has 1 saturated heterocycles. The second kappa shape index (κ2) is 13.3. The lowest BCUT2D eigenvalue weighted by atomic mass is 9.90. The Morgan fingerprint density at radius 3 is 2.65 bits per heavy atom. The van der Waals surface area contributed by atoms with Crippen LogP contribution in [0.1, 0.15) is 50.7 Å². The number of carbonyl (C=O) groups excluding carboxylic acids is 1. The predicted octanol–water partition coefficient (Wildman–Crippen LogP) is 4.47. The summed E-state index contributed by atoms with van der Waals surface area (Å²) >= 11 is 0. The van der Waals surface area contributed by atoms with Crippen molar-refractivity contribution in [2.24, 2.45) is 4.99 Å². The van der Waals surface area contributed by atoms with E-state index < -0.39 is 15.6 Å². The van der Waals surface area contributed by atoms with E-state index in [1.807, 2.05) is 32.9 Å². The molecule has 2 aliphatic rings. The zero-order valence-electron chi connectivity index (χ0n) is 24.0. The molecule has 2 aromatic rings. The maximum absolute atomic E-state index is 13.8. The number of sulfonamides is 1. The van der Waals surface area contributed by atoms with Gasteiger partial charge in [-0.2, -0.15) is 9.30 Å². The Labute approximate surface area is 238 Å². The summed E-state index contributed by atoms with van der Waals surface area (Å²) in [6.07, 6.45) is 4.05. The van der Waals surface area contributed by atoms with Crippen LogP contribution in [0, 0.1) is 6.92 Å². The molecule has 2 aromatic carbocycles. The number of piperidine rings is 1. The number of nitrogens with zero attached hydrogens (tertiary/aromatic N) is 3. The summed E-state index contributed by atoms with van der Waals surface area (Å²) in [4.78, 5) is 17.5. The minimum absolute atomic E-state index is 0.235. The molecule has 2 atom stereocenters. The minimum atomic E-state index is -3.78. The summed E-state index contributed by atoms with van der Waals surface area (Å²) < 4.78 is 46.6. The van der Waals surface area contributed by atoms with Gasteiger partial charge in [-0.15, -0.1) is 0 Å². The van der Waals surface area contributed by atoms with Crippen LogP contribution in [0.3, 0.4) is 0 Å². The van der Waals surface area contributed by atoms with Crippen molar-refractivity contribution >= 4 is 21.8 Å². The minimum Gasteiger partial charge on any atom is -0.490 e. The Bertz CT molecular complexity index is 1290. The highest BCUT2D eigenvalue weighted by Gasteiger charge is 2.40. The summed E-state index contributed by atoms with van der Waals surface area (Å²) in [6.45, 7) is 9.25. The smallest absolute Gasteiger partial charge is 0.243 e. The lowest BCUT2D eigenvalue weighted by Gasteiger charge is -2.40. The van der Waals surface area contributed by atoms with Crippen LogP contribution in [0.2, 0.25) is 0 Å². The Kier molecular flexibility index (Phi) is 10.0. The molecule has 0 aliphatic carbocycles. The second-order valence-electron chi connectivity index (χ2n) is 11.3. The van der Waals surface area contributed by atoms with E-state index in [1.165, 1.54) is 0 Å². The van der Waals surface area contributed by atoms with Gasteiger partial charge in [0.25, 0.3) is 0 Å². The zero-order valence-corrected chi connectivity index (χ0v) is 24.8. The molecule has 0 spiro atoms. The lowest BCUT2D eigenvalue weighted by molar-refractivity contribution is -0.00757. The molecule has 2 aliphatic heterocycles. The fourth-order valence-corrected chi connectivity index (χ4v) is 7.13. The lowest BCUT2D eigenvalue weighted by Crippen LogP contribution is -2.51. The molecule has 0 saturated carbocycles. The number of anilines is 1. The average molecular weight is 572 g/mol. The highest BCUT2D eigenvalue weighted by Crippen LogP contribution is 2.35. The number of ether oxygens (including phenoxy) is 3. The molecule has 4 rings (SSSR count). The predicted molar refractivity (Wildman–Crippen MR) is 154 cm³/mol. The molecular weight excluding hydrogens is 530 g/mol. The monoisotopic (exact) mass is 571 g/mol. The van der Waals surface area contributed by atoms with Crippen LogP contribution in [0.15, 0.2) is 52.4 Å². The van der Waals surface area contributed by atoms with E-state index in [4.69, 9.17) is 14.2 Å². The first-order valence-corrected chi connectivity index (χ1v) is 15.4. The number of rotatable bonds is 12. The molecule has 0 aromatic heterocycles. The van der Waals surface area contributed by atoms with Crippen molar-refractivity contribution < 1.29 is 27.4 Å². The van der Waals surface area contributed by atoms with Gasteiger partial charge in [-0.25, -0.2) is 13.2 Å². The van der Waals surface area contributed by atoms with Gasteiger partial charge in [0.15, 0.2) is 0 Å². The summed E-state index contributed by atoms with van der Waals surface area (Å²) in [6, 6.07) is 12.7. The Morgan fingerprint density at radius 2 is 1.93 bits per heavy atom. The van der Waals surface area contributed by atoms with E-state index in [0.29, 0.717) is 39.1 Å². The fraction of sp³-hybridized carbons (Fsp3) is 0.567. The van der Waals surface area contributed by atoms with Crippen LogP contribution in [-0.4, -0.2) is 76.4 Å². The number of methoxy groups -OCH3 is 1. The van der Waals surface area contributed by atoms with Gasteiger partial charge in [0.1, 0.15) is 12.4 Å². The number of isocyanates is 1. The molecule has 0 unspecified atom stereocenters. The van der Waals surface area contributed by atoms with Crippen LogP contribution < -0.4 is 9.64 Å². The van der Waals surface area contributed by atoms with E-state index in [0.717, 1.165) is 42.1 Å². The third-order valence-electron chi connectivity index (χ3n) is 7.57. The first-order valence-electron chi connectivity index (χ1n) is 13.9. The standard InChI is InChI=1S/C30H41N3O6S/c1-23-6-11-27(12-7-23)40(35,36)33-20-26(10-9-25(33)19-30(2,3)31-22-34)39-21-24-8-13-29-28(18-24)32(15-17-38-29)14-5-16-37-4/h6-8,11-13,18,25-26H,5,9-10,14-17,19-21H2,1-4H3/t25-,26+/m0/s1. The van der Waals surface area contributed by atoms with Crippen molar-refractivity contribution in [1.82, 2.24) is 4.31 Å². The quantitative estimate of drug-likeness (QED) is 0.211. The zero-order chi connectivity index (χ0) is 28.8.